The van der Waals surface area contributed by atoms with E-state index < -0.39 is 29.9 Å². The molecule has 0 aliphatic heterocycles. The van der Waals surface area contributed by atoms with E-state index in [9.17, 15) is 14.4 Å². The summed E-state index contributed by atoms with van der Waals surface area (Å²) in [5.74, 6) is -0.389. The molecule has 0 aromatic heterocycles. The van der Waals surface area contributed by atoms with E-state index >= 15 is 0 Å². The summed E-state index contributed by atoms with van der Waals surface area (Å²) in [5, 5.41) is 3.04. The number of carbonyl (C=O) groups excluding carboxylic acids is 3. The Balaban J connectivity index is 1.78. The van der Waals surface area contributed by atoms with Gasteiger partial charge in [0.2, 0.25) is 0 Å². The lowest BCUT2D eigenvalue weighted by Gasteiger charge is -2.17. The Labute approximate surface area is 179 Å². The molecular formula is C21H24ClN3O5. The number of benzene rings is 2. The fourth-order valence-corrected chi connectivity index (χ4v) is 2.44. The molecule has 0 heterocycles. The van der Waals surface area contributed by atoms with E-state index in [0.717, 1.165) is 0 Å². The van der Waals surface area contributed by atoms with Crippen molar-refractivity contribution in [2.24, 2.45) is 0 Å². The molecule has 0 aliphatic rings. The van der Waals surface area contributed by atoms with Crippen molar-refractivity contribution in [2.75, 3.05) is 6.61 Å². The fraction of sp³-hybridized carbons (Fsp3) is 0.286. The van der Waals surface area contributed by atoms with Crippen molar-refractivity contribution in [3.05, 3.63) is 59.1 Å². The maximum atomic E-state index is 12.1. The Morgan fingerprint density at radius 1 is 0.900 bits per heavy atom. The Kier molecular flexibility index (Phi) is 8.49. The second-order valence-corrected chi connectivity index (χ2v) is 6.78. The van der Waals surface area contributed by atoms with Gasteiger partial charge in [-0.15, -0.1) is 0 Å². The van der Waals surface area contributed by atoms with E-state index in [2.05, 4.69) is 16.2 Å². The van der Waals surface area contributed by atoms with Crippen molar-refractivity contribution >= 4 is 29.3 Å². The number of rotatable bonds is 8. The van der Waals surface area contributed by atoms with Crippen LogP contribution in [0, 0.1) is 0 Å². The van der Waals surface area contributed by atoms with E-state index in [1.165, 1.54) is 6.92 Å². The maximum absolute atomic E-state index is 12.1. The van der Waals surface area contributed by atoms with E-state index in [1.807, 2.05) is 6.92 Å². The van der Waals surface area contributed by atoms with Gasteiger partial charge >= 0.3 is 0 Å². The number of hydrazine groups is 1. The van der Waals surface area contributed by atoms with Gasteiger partial charge < -0.3 is 14.8 Å². The summed E-state index contributed by atoms with van der Waals surface area (Å²) < 4.78 is 10.9. The van der Waals surface area contributed by atoms with Crippen LogP contribution in [0.5, 0.6) is 11.5 Å². The molecule has 0 aliphatic carbocycles. The van der Waals surface area contributed by atoms with E-state index in [-0.39, 0.29) is 0 Å². The second kappa shape index (κ2) is 11.1. The first-order valence-electron chi connectivity index (χ1n) is 9.35. The third-order valence-electron chi connectivity index (χ3n) is 3.97. The van der Waals surface area contributed by atoms with Gasteiger partial charge in [-0.25, -0.2) is 0 Å². The van der Waals surface area contributed by atoms with Gasteiger partial charge in [0.25, 0.3) is 17.7 Å². The average Bonchev–Trinajstić information content (AvgIpc) is 2.73. The monoisotopic (exact) mass is 433 g/mol. The molecule has 2 aromatic carbocycles. The Bertz CT molecular complexity index is 871. The molecule has 30 heavy (non-hydrogen) atoms. The van der Waals surface area contributed by atoms with Crippen LogP contribution in [-0.2, 0) is 9.59 Å². The standard InChI is InChI=1S/C21H24ClN3O5/c1-4-29-17-9-11-18(12-10-17)30-14(3)20(27)25-24-19(26)13(2)23-21(28)15-5-7-16(22)8-6-15/h5-14H,4H2,1-3H3,(H,23,28)(H,24,26)(H,25,27). The lowest BCUT2D eigenvalue weighted by molar-refractivity contribution is -0.133. The molecule has 2 atom stereocenters. The first-order chi connectivity index (χ1) is 14.3. The summed E-state index contributed by atoms with van der Waals surface area (Å²) in [7, 11) is 0. The highest BCUT2D eigenvalue weighted by molar-refractivity contribution is 6.30. The number of hydrogen-bond donors (Lipinski definition) is 3. The van der Waals surface area contributed by atoms with Gasteiger partial charge in [0, 0.05) is 10.6 Å². The molecule has 0 fully saturated rings. The van der Waals surface area contributed by atoms with Gasteiger partial charge in [-0.1, -0.05) is 11.6 Å². The predicted molar refractivity (Wildman–Crippen MR) is 112 cm³/mol. The molecule has 0 bridgehead atoms. The molecule has 2 aromatic rings. The van der Waals surface area contributed by atoms with Crippen molar-refractivity contribution in [1.29, 1.82) is 0 Å². The Morgan fingerprint density at radius 3 is 2.07 bits per heavy atom. The topological polar surface area (TPSA) is 106 Å². The molecule has 3 amide bonds. The van der Waals surface area contributed by atoms with Crippen LogP contribution < -0.4 is 25.6 Å². The second-order valence-electron chi connectivity index (χ2n) is 6.35. The number of hydrogen-bond acceptors (Lipinski definition) is 5. The van der Waals surface area contributed by atoms with Crippen LogP contribution in [0.1, 0.15) is 31.1 Å². The first-order valence-corrected chi connectivity index (χ1v) is 9.73. The minimum absolute atomic E-state index is 0.362. The Morgan fingerprint density at radius 2 is 1.47 bits per heavy atom. The molecular weight excluding hydrogens is 410 g/mol. The third-order valence-corrected chi connectivity index (χ3v) is 4.22. The fourth-order valence-electron chi connectivity index (χ4n) is 2.32. The number of carbonyl (C=O) groups is 3. The minimum Gasteiger partial charge on any atom is -0.494 e. The zero-order valence-electron chi connectivity index (χ0n) is 16.9. The summed E-state index contributed by atoms with van der Waals surface area (Å²) in [6, 6.07) is 12.2. The van der Waals surface area contributed by atoms with Gasteiger partial charge in [0.05, 0.1) is 6.61 Å². The van der Waals surface area contributed by atoms with Crippen LogP contribution in [0.25, 0.3) is 0 Å². The van der Waals surface area contributed by atoms with E-state index in [4.69, 9.17) is 21.1 Å². The van der Waals surface area contributed by atoms with Crippen molar-refractivity contribution < 1.29 is 23.9 Å². The summed E-state index contributed by atoms with van der Waals surface area (Å²) >= 11 is 5.79. The zero-order valence-corrected chi connectivity index (χ0v) is 17.7. The van der Waals surface area contributed by atoms with Crippen LogP contribution in [0.15, 0.2) is 48.5 Å². The van der Waals surface area contributed by atoms with Crippen LogP contribution in [0.4, 0.5) is 0 Å². The molecule has 2 unspecified atom stereocenters. The van der Waals surface area contributed by atoms with Gasteiger partial charge in [0.15, 0.2) is 6.10 Å². The maximum Gasteiger partial charge on any atom is 0.279 e. The lowest BCUT2D eigenvalue weighted by atomic mass is 10.2. The summed E-state index contributed by atoms with van der Waals surface area (Å²) in [5.41, 5.74) is 4.91. The molecule has 160 valence electrons. The van der Waals surface area contributed by atoms with Crippen molar-refractivity contribution in [1.82, 2.24) is 16.2 Å². The Hall–Kier alpha value is -3.26. The predicted octanol–water partition coefficient (Wildman–Crippen LogP) is 2.47. The van der Waals surface area contributed by atoms with Crippen molar-refractivity contribution in [3.63, 3.8) is 0 Å². The van der Waals surface area contributed by atoms with Crippen LogP contribution in [0.3, 0.4) is 0 Å². The lowest BCUT2D eigenvalue weighted by Crippen LogP contribution is -2.53. The van der Waals surface area contributed by atoms with Crippen molar-refractivity contribution in [3.8, 4) is 11.5 Å². The number of ether oxygens (including phenoxy) is 2. The van der Waals surface area contributed by atoms with Gasteiger partial charge in [0.1, 0.15) is 17.5 Å². The smallest absolute Gasteiger partial charge is 0.279 e. The molecule has 2 rings (SSSR count). The molecule has 8 nitrogen and oxygen atoms in total. The molecule has 3 N–H and O–H groups in total. The highest BCUT2D eigenvalue weighted by Crippen LogP contribution is 2.18. The summed E-state index contributed by atoms with van der Waals surface area (Å²) in [4.78, 5) is 36.4. The number of amides is 3. The minimum atomic E-state index is -0.879. The quantitative estimate of drug-likeness (QED) is 0.554. The third kappa shape index (κ3) is 6.97. The summed E-state index contributed by atoms with van der Waals surface area (Å²) in [6.07, 6.45) is -0.859. The van der Waals surface area contributed by atoms with E-state index in [0.29, 0.717) is 28.7 Å². The van der Waals surface area contributed by atoms with Crippen LogP contribution in [-0.4, -0.2) is 36.5 Å². The first kappa shape index (κ1) is 23.0. The largest absolute Gasteiger partial charge is 0.494 e. The highest BCUT2D eigenvalue weighted by atomic mass is 35.5. The summed E-state index contributed by atoms with van der Waals surface area (Å²) in [6.45, 7) is 5.48. The van der Waals surface area contributed by atoms with E-state index in [1.54, 1.807) is 55.5 Å². The van der Waals surface area contributed by atoms with Gasteiger partial charge in [-0.2, -0.15) is 0 Å². The molecule has 0 radical (unpaired) electrons. The molecule has 9 heteroatoms. The highest BCUT2D eigenvalue weighted by Gasteiger charge is 2.19. The van der Waals surface area contributed by atoms with Gasteiger partial charge in [-0.05, 0) is 69.3 Å². The SMILES string of the molecule is CCOc1ccc(OC(C)C(=O)NNC(=O)C(C)NC(=O)c2ccc(Cl)cc2)cc1. The van der Waals surface area contributed by atoms with Gasteiger partial charge in [-0.3, -0.25) is 25.2 Å². The van der Waals surface area contributed by atoms with Crippen LogP contribution >= 0.6 is 11.6 Å². The number of halogens is 1. The molecule has 0 spiro atoms. The molecule has 0 saturated heterocycles. The normalized spacial score (nSPS) is 12.3. The number of nitrogens with one attached hydrogen (secondary N) is 3. The van der Waals surface area contributed by atoms with Crippen molar-refractivity contribution in [2.45, 2.75) is 32.9 Å². The zero-order chi connectivity index (χ0) is 22.1. The molecule has 0 saturated carbocycles. The average molecular weight is 434 g/mol. The van der Waals surface area contributed by atoms with Crippen LogP contribution in [0.2, 0.25) is 5.02 Å².